The largest absolute Gasteiger partial charge is 0.481 e. The molecule has 0 spiro atoms. The number of rotatable bonds is 7. The molecular weight excluding hydrogens is 380 g/mol. The molecule has 7 nitrogen and oxygen atoms in total. The quantitative estimate of drug-likeness (QED) is 0.574. The number of aromatic nitrogens is 2. The summed E-state index contributed by atoms with van der Waals surface area (Å²) in [5, 5.41) is 25.7. The molecule has 0 amide bonds. The van der Waals surface area contributed by atoms with Gasteiger partial charge in [0.25, 0.3) is 5.89 Å². The van der Waals surface area contributed by atoms with Crippen LogP contribution in [0.3, 0.4) is 0 Å². The molecule has 2 N–H and O–H groups in total. The molecule has 1 heterocycles. The molecule has 0 aliphatic heterocycles. The second-order valence-electron chi connectivity index (χ2n) is 7.48. The van der Waals surface area contributed by atoms with Gasteiger partial charge in [-0.25, -0.2) is 0 Å². The van der Waals surface area contributed by atoms with Gasteiger partial charge in [0, 0.05) is 23.6 Å². The van der Waals surface area contributed by atoms with E-state index in [0.29, 0.717) is 30.2 Å². The van der Waals surface area contributed by atoms with Gasteiger partial charge in [-0.05, 0) is 61.6 Å². The molecule has 0 fully saturated rings. The maximum absolute atomic E-state index is 10.7. The zero-order chi connectivity index (χ0) is 21.1. The van der Waals surface area contributed by atoms with E-state index < -0.39 is 5.97 Å². The van der Waals surface area contributed by atoms with Crippen LogP contribution in [0.25, 0.3) is 22.8 Å². The molecule has 3 aromatic rings. The molecule has 4 rings (SSSR count). The van der Waals surface area contributed by atoms with Crippen LogP contribution < -0.4 is 5.32 Å². The van der Waals surface area contributed by atoms with Crippen LogP contribution in [0.4, 0.5) is 0 Å². The Morgan fingerprint density at radius 2 is 2.23 bits per heavy atom. The monoisotopic (exact) mass is 402 g/mol. The van der Waals surface area contributed by atoms with Crippen molar-refractivity contribution in [3.8, 4) is 28.9 Å². The number of aliphatic carboxylic acids is 1. The van der Waals surface area contributed by atoms with Gasteiger partial charge in [0.1, 0.15) is 0 Å². The highest BCUT2D eigenvalue weighted by atomic mass is 16.5. The number of nitriles is 1. The summed E-state index contributed by atoms with van der Waals surface area (Å²) < 4.78 is 5.49. The maximum atomic E-state index is 10.7. The van der Waals surface area contributed by atoms with E-state index in [0.717, 1.165) is 29.5 Å². The van der Waals surface area contributed by atoms with Gasteiger partial charge in [-0.3, -0.25) is 4.79 Å². The minimum atomic E-state index is -0.769. The lowest BCUT2D eigenvalue weighted by molar-refractivity contribution is -0.137. The van der Waals surface area contributed by atoms with Gasteiger partial charge in [0.05, 0.1) is 11.6 Å². The van der Waals surface area contributed by atoms with Crippen LogP contribution >= 0.6 is 0 Å². The predicted molar refractivity (Wildman–Crippen MR) is 111 cm³/mol. The average Bonchev–Trinajstić information content (AvgIpc) is 3.39. The lowest BCUT2D eigenvalue weighted by Gasteiger charge is -2.14. The van der Waals surface area contributed by atoms with E-state index in [-0.39, 0.29) is 12.5 Å². The van der Waals surface area contributed by atoms with Gasteiger partial charge in [0.15, 0.2) is 0 Å². The van der Waals surface area contributed by atoms with Gasteiger partial charge < -0.3 is 14.9 Å². The fourth-order valence-corrected chi connectivity index (χ4v) is 3.92. The number of benzene rings is 2. The molecule has 1 atom stereocenters. The molecule has 0 bridgehead atoms. The minimum absolute atomic E-state index is 0.171. The van der Waals surface area contributed by atoms with Crippen LogP contribution in [0.15, 0.2) is 40.9 Å². The topological polar surface area (TPSA) is 112 Å². The normalized spacial score (nSPS) is 15.0. The van der Waals surface area contributed by atoms with Crippen molar-refractivity contribution >= 4 is 5.97 Å². The highest BCUT2D eigenvalue weighted by molar-refractivity contribution is 5.67. The first-order valence-electron chi connectivity index (χ1n) is 9.99. The molecule has 1 aliphatic carbocycles. The van der Waals surface area contributed by atoms with Crippen LogP contribution in [-0.4, -0.2) is 27.8 Å². The number of carbonyl (C=O) groups is 1. The first kappa shape index (κ1) is 19.8. The van der Waals surface area contributed by atoms with Gasteiger partial charge in [0.2, 0.25) is 5.82 Å². The zero-order valence-corrected chi connectivity index (χ0v) is 16.7. The molecule has 30 heavy (non-hydrogen) atoms. The number of hydrogen-bond donors (Lipinski definition) is 2. The first-order valence-corrected chi connectivity index (χ1v) is 9.99. The molecule has 0 saturated carbocycles. The van der Waals surface area contributed by atoms with Crippen LogP contribution in [-0.2, 0) is 11.2 Å². The Morgan fingerprint density at radius 1 is 1.37 bits per heavy atom. The molecule has 0 saturated heterocycles. The molecule has 1 aliphatic rings. The van der Waals surface area contributed by atoms with Gasteiger partial charge in [-0.1, -0.05) is 29.4 Å². The number of hydrogen-bond acceptors (Lipinski definition) is 6. The fraction of sp³-hybridized carbons (Fsp3) is 0.304. The third kappa shape index (κ3) is 3.95. The number of carboxylic acids is 1. The summed E-state index contributed by atoms with van der Waals surface area (Å²) in [6.07, 6.45) is 2.63. The summed E-state index contributed by atoms with van der Waals surface area (Å²) in [6, 6.07) is 14.0. The van der Waals surface area contributed by atoms with Crippen LogP contribution in [0, 0.1) is 18.3 Å². The third-order valence-corrected chi connectivity index (χ3v) is 5.50. The molecule has 2 aromatic carbocycles. The van der Waals surface area contributed by atoms with Crippen LogP contribution in [0.5, 0.6) is 0 Å². The van der Waals surface area contributed by atoms with Gasteiger partial charge in [-0.15, -0.1) is 0 Å². The molecule has 7 heteroatoms. The van der Waals surface area contributed by atoms with Crippen molar-refractivity contribution in [2.75, 3.05) is 6.54 Å². The van der Waals surface area contributed by atoms with Crippen molar-refractivity contribution in [1.29, 1.82) is 5.26 Å². The Bertz CT molecular complexity index is 1130. The van der Waals surface area contributed by atoms with E-state index in [9.17, 15) is 10.1 Å². The Kier molecular flexibility index (Phi) is 5.59. The molecule has 1 aromatic heterocycles. The first-order chi connectivity index (χ1) is 14.6. The number of nitrogens with one attached hydrogen (secondary N) is 1. The van der Waals surface area contributed by atoms with E-state index in [1.807, 2.05) is 31.2 Å². The Balaban J connectivity index is 1.55. The van der Waals surface area contributed by atoms with Crippen molar-refractivity contribution in [2.45, 2.75) is 38.6 Å². The fourth-order valence-electron chi connectivity index (χ4n) is 3.92. The summed E-state index contributed by atoms with van der Waals surface area (Å²) in [6.45, 7) is 2.56. The van der Waals surface area contributed by atoms with Gasteiger partial charge >= 0.3 is 5.97 Å². The lowest BCUT2D eigenvalue weighted by atomic mass is 10.0. The van der Waals surface area contributed by atoms with Gasteiger partial charge in [-0.2, -0.15) is 10.2 Å². The second kappa shape index (κ2) is 8.47. The number of carboxylic acid groups (broad SMARTS) is 1. The number of fused-ring (bicyclic) bond motifs is 1. The summed E-state index contributed by atoms with van der Waals surface area (Å²) >= 11 is 0. The van der Waals surface area contributed by atoms with E-state index >= 15 is 0 Å². The van der Waals surface area contributed by atoms with Crippen molar-refractivity contribution < 1.29 is 14.4 Å². The Morgan fingerprint density at radius 3 is 3.03 bits per heavy atom. The summed E-state index contributed by atoms with van der Waals surface area (Å²) in [5.41, 5.74) is 5.57. The van der Waals surface area contributed by atoms with Crippen molar-refractivity contribution in [3.05, 3.63) is 58.7 Å². The average molecular weight is 402 g/mol. The van der Waals surface area contributed by atoms with Crippen LogP contribution in [0.2, 0.25) is 0 Å². The van der Waals surface area contributed by atoms with E-state index in [2.05, 4.69) is 27.6 Å². The summed E-state index contributed by atoms with van der Waals surface area (Å²) in [5.74, 6) is 0.155. The molecule has 1 unspecified atom stereocenters. The lowest BCUT2D eigenvalue weighted by Crippen LogP contribution is -2.21. The summed E-state index contributed by atoms with van der Waals surface area (Å²) in [4.78, 5) is 15.3. The highest BCUT2D eigenvalue weighted by Crippen LogP contribution is 2.37. The van der Waals surface area contributed by atoms with E-state index in [4.69, 9.17) is 9.63 Å². The van der Waals surface area contributed by atoms with E-state index in [1.165, 1.54) is 11.1 Å². The zero-order valence-electron chi connectivity index (χ0n) is 16.7. The predicted octanol–water partition coefficient (Wildman–Crippen LogP) is 4.03. The Labute approximate surface area is 174 Å². The second-order valence-corrected chi connectivity index (χ2v) is 7.48. The number of nitrogens with zero attached hydrogens (tertiary/aromatic N) is 3. The smallest absolute Gasteiger partial charge is 0.303 e. The van der Waals surface area contributed by atoms with Crippen molar-refractivity contribution in [1.82, 2.24) is 15.5 Å². The van der Waals surface area contributed by atoms with E-state index in [1.54, 1.807) is 6.07 Å². The molecule has 0 radical (unpaired) electrons. The maximum Gasteiger partial charge on any atom is 0.303 e. The standard InChI is InChI=1S/C23H22N4O3/c1-14-7-8-15(12-16(14)13-24)23-26-22(27-30-23)19-5-2-4-18-17(19)9-10-20(18)25-11-3-6-21(28)29/h2,4-5,7-8,12,20,25H,3,6,9-11H2,1H3,(H,28,29). The summed E-state index contributed by atoms with van der Waals surface area (Å²) in [7, 11) is 0. The Hall–Kier alpha value is -3.50. The number of aryl methyl sites for hydroxylation is 1. The van der Waals surface area contributed by atoms with Crippen LogP contribution in [0.1, 0.15) is 47.6 Å². The van der Waals surface area contributed by atoms with Crippen molar-refractivity contribution in [2.24, 2.45) is 0 Å². The SMILES string of the molecule is Cc1ccc(-c2nc(-c3cccc4c3CCC4NCCCC(=O)O)no2)cc1C#N. The molecular formula is C23H22N4O3. The van der Waals surface area contributed by atoms with Crippen molar-refractivity contribution in [3.63, 3.8) is 0 Å². The highest BCUT2D eigenvalue weighted by Gasteiger charge is 2.26. The third-order valence-electron chi connectivity index (χ3n) is 5.50. The minimum Gasteiger partial charge on any atom is -0.481 e. The molecule has 152 valence electrons.